The molecule has 0 radical (unpaired) electrons. The summed E-state index contributed by atoms with van der Waals surface area (Å²) in [7, 11) is 0. The minimum Gasteiger partial charge on any atom is -0.468 e. The van der Waals surface area contributed by atoms with Crippen LogP contribution in [0.5, 0.6) is 11.6 Å². The number of aromatic nitrogens is 2. The van der Waals surface area contributed by atoms with Gasteiger partial charge in [0.1, 0.15) is 11.5 Å². The SMILES string of the molecule is Cc1ccc(Oc2c(CN(Cc3ccco3)CC(O)COC(C)C)c(C)nn2-c2ccccc2)cc1. The lowest BCUT2D eigenvalue weighted by Gasteiger charge is -2.25. The smallest absolute Gasteiger partial charge is 0.227 e. The van der Waals surface area contributed by atoms with Crippen molar-refractivity contribution in [2.75, 3.05) is 13.2 Å². The summed E-state index contributed by atoms with van der Waals surface area (Å²) in [6.07, 6.45) is 1.07. The molecule has 190 valence electrons. The van der Waals surface area contributed by atoms with E-state index in [0.717, 1.165) is 34.0 Å². The van der Waals surface area contributed by atoms with E-state index in [1.807, 2.05) is 92.2 Å². The lowest BCUT2D eigenvalue weighted by Crippen LogP contribution is -2.35. The van der Waals surface area contributed by atoms with Gasteiger partial charge in [0.25, 0.3) is 0 Å². The number of hydrogen-bond acceptors (Lipinski definition) is 6. The molecule has 2 heterocycles. The Hall–Kier alpha value is -3.39. The summed E-state index contributed by atoms with van der Waals surface area (Å²) in [5, 5.41) is 15.5. The molecule has 0 aliphatic carbocycles. The Kier molecular flexibility index (Phi) is 8.59. The third-order valence-corrected chi connectivity index (χ3v) is 5.81. The van der Waals surface area contributed by atoms with Crippen molar-refractivity contribution in [2.24, 2.45) is 0 Å². The highest BCUT2D eigenvalue weighted by molar-refractivity contribution is 5.43. The van der Waals surface area contributed by atoms with Crippen LogP contribution in [0.4, 0.5) is 0 Å². The van der Waals surface area contributed by atoms with Crippen LogP contribution in [0.15, 0.2) is 77.4 Å². The maximum absolute atomic E-state index is 10.7. The molecule has 1 atom stereocenters. The fourth-order valence-corrected chi connectivity index (χ4v) is 3.97. The van der Waals surface area contributed by atoms with Crippen molar-refractivity contribution < 1.29 is 19.0 Å². The fourth-order valence-electron chi connectivity index (χ4n) is 3.97. The van der Waals surface area contributed by atoms with Crippen molar-refractivity contribution in [1.82, 2.24) is 14.7 Å². The van der Waals surface area contributed by atoms with Crippen LogP contribution >= 0.6 is 0 Å². The number of ether oxygens (including phenoxy) is 2. The molecule has 0 saturated carbocycles. The van der Waals surface area contributed by atoms with Gasteiger partial charge < -0.3 is 19.0 Å². The van der Waals surface area contributed by atoms with Crippen molar-refractivity contribution in [3.8, 4) is 17.3 Å². The zero-order valence-corrected chi connectivity index (χ0v) is 21.4. The number of nitrogens with zero attached hydrogens (tertiary/aromatic N) is 3. The molecule has 0 bridgehead atoms. The van der Waals surface area contributed by atoms with Crippen molar-refractivity contribution in [3.05, 3.63) is 95.6 Å². The standard InChI is InChI=1S/C29H35N3O4/c1-21(2)35-20-25(33)17-31(18-27-11-8-16-34-27)19-28-23(4)30-32(24-9-6-5-7-10-24)29(28)36-26-14-12-22(3)13-15-26/h5-16,21,25,33H,17-20H2,1-4H3. The van der Waals surface area contributed by atoms with Crippen LogP contribution < -0.4 is 4.74 Å². The second-order valence-corrected chi connectivity index (χ2v) is 9.32. The molecule has 0 aliphatic heterocycles. The summed E-state index contributed by atoms with van der Waals surface area (Å²) in [5.41, 5.74) is 3.88. The maximum Gasteiger partial charge on any atom is 0.227 e. The van der Waals surface area contributed by atoms with Crippen LogP contribution in [0.3, 0.4) is 0 Å². The highest BCUT2D eigenvalue weighted by atomic mass is 16.5. The monoisotopic (exact) mass is 489 g/mol. The molecular weight excluding hydrogens is 454 g/mol. The van der Waals surface area contributed by atoms with Gasteiger partial charge in [-0.1, -0.05) is 35.9 Å². The molecule has 1 unspecified atom stereocenters. The third kappa shape index (κ3) is 6.85. The van der Waals surface area contributed by atoms with Gasteiger partial charge in [-0.15, -0.1) is 0 Å². The average Bonchev–Trinajstić information content (AvgIpc) is 3.48. The third-order valence-electron chi connectivity index (χ3n) is 5.81. The van der Waals surface area contributed by atoms with E-state index in [4.69, 9.17) is 19.0 Å². The molecule has 7 heteroatoms. The fraction of sp³-hybridized carbons (Fsp3) is 0.345. The van der Waals surface area contributed by atoms with E-state index < -0.39 is 6.10 Å². The van der Waals surface area contributed by atoms with Crippen LogP contribution in [-0.2, 0) is 17.8 Å². The summed E-state index contributed by atoms with van der Waals surface area (Å²) in [5.74, 6) is 2.21. The lowest BCUT2D eigenvalue weighted by molar-refractivity contribution is -0.0114. The Balaban J connectivity index is 1.67. The molecular formula is C29H35N3O4. The van der Waals surface area contributed by atoms with Gasteiger partial charge in [0, 0.05) is 13.1 Å². The summed E-state index contributed by atoms with van der Waals surface area (Å²) in [4.78, 5) is 2.13. The van der Waals surface area contributed by atoms with Crippen molar-refractivity contribution in [2.45, 2.75) is 53.0 Å². The van der Waals surface area contributed by atoms with Crippen LogP contribution in [-0.4, -0.2) is 45.1 Å². The topological polar surface area (TPSA) is 72.9 Å². The van der Waals surface area contributed by atoms with Gasteiger partial charge in [-0.3, -0.25) is 4.90 Å². The Morgan fingerprint density at radius 3 is 2.39 bits per heavy atom. The van der Waals surface area contributed by atoms with E-state index in [0.29, 0.717) is 25.5 Å². The van der Waals surface area contributed by atoms with Gasteiger partial charge in [0.2, 0.25) is 5.88 Å². The number of rotatable bonds is 12. The predicted octanol–water partition coefficient (Wildman–Crippen LogP) is 5.66. The summed E-state index contributed by atoms with van der Waals surface area (Å²) in [6, 6.07) is 21.7. The second-order valence-electron chi connectivity index (χ2n) is 9.32. The molecule has 36 heavy (non-hydrogen) atoms. The first-order valence-corrected chi connectivity index (χ1v) is 12.3. The highest BCUT2D eigenvalue weighted by Gasteiger charge is 2.23. The van der Waals surface area contributed by atoms with E-state index in [1.165, 1.54) is 0 Å². The highest BCUT2D eigenvalue weighted by Crippen LogP contribution is 2.32. The number of aliphatic hydroxyl groups excluding tert-OH is 1. The van der Waals surface area contributed by atoms with E-state index in [-0.39, 0.29) is 12.7 Å². The van der Waals surface area contributed by atoms with Crippen LogP contribution in [0, 0.1) is 13.8 Å². The molecule has 1 N–H and O–H groups in total. The summed E-state index contributed by atoms with van der Waals surface area (Å²) in [6.45, 7) is 9.68. The van der Waals surface area contributed by atoms with Gasteiger partial charge in [-0.2, -0.15) is 5.10 Å². The maximum atomic E-state index is 10.7. The van der Waals surface area contributed by atoms with Crippen molar-refractivity contribution in [3.63, 3.8) is 0 Å². The number of hydrogen-bond donors (Lipinski definition) is 1. The lowest BCUT2D eigenvalue weighted by atomic mass is 10.2. The molecule has 0 aliphatic rings. The van der Waals surface area contributed by atoms with E-state index >= 15 is 0 Å². The Labute approximate surface area is 212 Å². The zero-order valence-electron chi connectivity index (χ0n) is 21.4. The number of benzene rings is 2. The summed E-state index contributed by atoms with van der Waals surface area (Å²) < 4.78 is 19.6. The normalized spacial score (nSPS) is 12.4. The first-order valence-electron chi connectivity index (χ1n) is 12.3. The average molecular weight is 490 g/mol. The quantitative estimate of drug-likeness (QED) is 0.277. The van der Waals surface area contributed by atoms with Crippen LogP contribution in [0.2, 0.25) is 0 Å². The number of para-hydroxylation sites is 1. The second kappa shape index (κ2) is 12.0. The van der Waals surface area contributed by atoms with E-state index in [2.05, 4.69) is 11.8 Å². The molecule has 2 aromatic heterocycles. The molecule has 0 fully saturated rings. The Morgan fingerprint density at radius 1 is 0.972 bits per heavy atom. The first kappa shape index (κ1) is 25.7. The Morgan fingerprint density at radius 2 is 1.72 bits per heavy atom. The Bertz CT molecular complexity index is 1200. The number of aryl methyl sites for hydroxylation is 2. The molecule has 0 saturated heterocycles. The zero-order chi connectivity index (χ0) is 25.5. The number of aliphatic hydroxyl groups is 1. The number of furan rings is 1. The van der Waals surface area contributed by atoms with Crippen molar-refractivity contribution in [1.29, 1.82) is 0 Å². The molecule has 0 amide bonds. The van der Waals surface area contributed by atoms with Crippen LogP contribution in [0.1, 0.15) is 36.4 Å². The van der Waals surface area contributed by atoms with Gasteiger partial charge >= 0.3 is 0 Å². The molecule has 4 rings (SSSR count). The van der Waals surface area contributed by atoms with Gasteiger partial charge in [0.15, 0.2) is 0 Å². The van der Waals surface area contributed by atoms with Crippen molar-refractivity contribution >= 4 is 0 Å². The summed E-state index contributed by atoms with van der Waals surface area (Å²) >= 11 is 0. The first-order chi connectivity index (χ1) is 17.4. The minimum absolute atomic E-state index is 0.0547. The van der Waals surface area contributed by atoms with E-state index in [1.54, 1.807) is 6.26 Å². The predicted molar refractivity (Wildman–Crippen MR) is 139 cm³/mol. The van der Waals surface area contributed by atoms with E-state index in [9.17, 15) is 5.11 Å². The molecule has 0 spiro atoms. The molecule has 7 nitrogen and oxygen atoms in total. The largest absolute Gasteiger partial charge is 0.468 e. The van der Waals surface area contributed by atoms with Gasteiger partial charge in [0.05, 0.1) is 48.6 Å². The van der Waals surface area contributed by atoms with Gasteiger partial charge in [-0.05, 0) is 64.1 Å². The molecule has 2 aromatic carbocycles. The minimum atomic E-state index is -0.645. The van der Waals surface area contributed by atoms with Gasteiger partial charge in [-0.25, -0.2) is 4.68 Å². The van der Waals surface area contributed by atoms with Crippen LogP contribution in [0.25, 0.3) is 5.69 Å². The molecule has 4 aromatic rings.